The molecule has 1 aromatic carbocycles. The van der Waals surface area contributed by atoms with E-state index in [4.69, 9.17) is 4.74 Å². The number of benzene rings is 1. The van der Waals surface area contributed by atoms with Gasteiger partial charge >= 0.3 is 11.8 Å². The van der Waals surface area contributed by atoms with Crippen LogP contribution in [0.15, 0.2) is 18.2 Å². The number of rotatable bonds is 7. The van der Waals surface area contributed by atoms with Crippen LogP contribution in [-0.2, 0) is 9.59 Å². The first-order chi connectivity index (χ1) is 10.5. The third-order valence-corrected chi connectivity index (χ3v) is 3.36. The number of methoxy groups -OCH3 is 1. The smallest absolute Gasteiger partial charge is 0.314 e. The third-order valence-electron chi connectivity index (χ3n) is 3.36. The van der Waals surface area contributed by atoms with E-state index in [0.717, 1.165) is 24.8 Å². The average Bonchev–Trinajstić information content (AvgIpc) is 2.51. The molecule has 122 valence electrons. The number of anilines is 1. The number of hydrogen-bond acceptors (Lipinski definition) is 3. The second-order valence-electron chi connectivity index (χ2n) is 5.30. The minimum absolute atomic E-state index is 0.487. The minimum atomic E-state index is -0.617. The van der Waals surface area contributed by atoms with Crippen molar-refractivity contribution in [1.82, 2.24) is 4.90 Å². The molecule has 0 aliphatic rings. The summed E-state index contributed by atoms with van der Waals surface area (Å²) in [7, 11) is 1.53. The van der Waals surface area contributed by atoms with Gasteiger partial charge in [-0.1, -0.05) is 26.3 Å². The highest BCUT2D eigenvalue weighted by Crippen LogP contribution is 2.25. The lowest BCUT2D eigenvalue weighted by Crippen LogP contribution is -2.40. The molecule has 0 radical (unpaired) electrons. The van der Waals surface area contributed by atoms with Crippen molar-refractivity contribution in [3.8, 4) is 5.75 Å². The summed E-state index contributed by atoms with van der Waals surface area (Å²) in [6.07, 6.45) is 2.71. The number of ether oxygens (including phenoxy) is 1. The molecule has 0 atom stereocenters. The van der Waals surface area contributed by atoms with Gasteiger partial charge < -0.3 is 15.0 Å². The van der Waals surface area contributed by atoms with Crippen LogP contribution >= 0.6 is 0 Å². The Morgan fingerprint density at radius 3 is 2.50 bits per heavy atom. The largest absolute Gasteiger partial charge is 0.495 e. The fraction of sp³-hybridized carbons (Fsp3) is 0.529. The summed E-state index contributed by atoms with van der Waals surface area (Å²) in [6, 6.07) is 5.46. The summed E-state index contributed by atoms with van der Waals surface area (Å²) in [5, 5.41) is 2.66. The number of unbranched alkanes of at least 4 members (excludes halogenated alkanes) is 1. The highest BCUT2D eigenvalue weighted by atomic mass is 16.5. The summed E-state index contributed by atoms with van der Waals surface area (Å²) >= 11 is 0. The summed E-state index contributed by atoms with van der Waals surface area (Å²) in [5.74, 6) is -0.560. The Balaban J connectivity index is 2.81. The van der Waals surface area contributed by atoms with Crippen molar-refractivity contribution in [3.63, 3.8) is 0 Å². The van der Waals surface area contributed by atoms with Gasteiger partial charge in [0.2, 0.25) is 0 Å². The Hall–Kier alpha value is -2.04. The van der Waals surface area contributed by atoms with E-state index in [1.807, 2.05) is 19.9 Å². The number of nitrogens with one attached hydrogen (secondary N) is 1. The van der Waals surface area contributed by atoms with Crippen molar-refractivity contribution in [2.45, 2.75) is 40.0 Å². The summed E-state index contributed by atoms with van der Waals surface area (Å²) < 4.78 is 5.21. The van der Waals surface area contributed by atoms with Gasteiger partial charge in [0.15, 0.2) is 0 Å². The molecular formula is C17H26N2O3. The van der Waals surface area contributed by atoms with Crippen LogP contribution in [0.25, 0.3) is 0 Å². The van der Waals surface area contributed by atoms with E-state index < -0.39 is 11.8 Å². The van der Waals surface area contributed by atoms with E-state index in [1.54, 1.807) is 17.0 Å². The van der Waals surface area contributed by atoms with Gasteiger partial charge in [0, 0.05) is 13.1 Å². The molecule has 0 spiro atoms. The third kappa shape index (κ3) is 5.06. The Labute approximate surface area is 132 Å². The molecule has 0 bridgehead atoms. The van der Waals surface area contributed by atoms with Gasteiger partial charge in [0.05, 0.1) is 12.8 Å². The molecule has 0 unspecified atom stereocenters. The minimum Gasteiger partial charge on any atom is -0.495 e. The van der Waals surface area contributed by atoms with E-state index in [0.29, 0.717) is 24.5 Å². The number of hydrogen-bond donors (Lipinski definition) is 1. The van der Waals surface area contributed by atoms with Gasteiger partial charge in [-0.25, -0.2) is 0 Å². The lowest BCUT2D eigenvalue weighted by Gasteiger charge is -2.21. The second kappa shape index (κ2) is 9.07. The Kier molecular flexibility index (Phi) is 7.43. The van der Waals surface area contributed by atoms with E-state index in [1.165, 1.54) is 7.11 Å². The van der Waals surface area contributed by atoms with E-state index in [2.05, 4.69) is 12.2 Å². The normalized spacial score (nSPS) is 10.2. The SMILES string of the molecule is CCCCN(CCC)C(=O)C(=O)Nc1cc(C)ccc1OC. The fourth-order valence-corrected chi connectivity index (χ4v) is 2.17. The summed E-state index contributed by atoms with van der Waals surface area (Å²) in [6.45, 7) is 7.18. The molecule has 0 heterocycles. The first kappa shape index (κ1) is 18.0. The zero-order valence-electron chi connectivity index (χ0n) is 13.9. The molecular weight excluding hydrogens is 280 g/mol. The van der Waals surface area contributed by atoms with Gasteiger partial charge in [-0.3, -0.25) is 9.59 Å². The Bertz CT molecular complexity index is 515. The molecule has 5 heteroatoms. The second-order valence-corrected chi connectivity index (χ2v) is 5.30. The van der Waals surface area contributed by atoms with E-state index in [9.17, 15) is 9.59 Å². The van der Waals surface area contributed by atoms with Crippen molar-refractivity contribution in [2.75, 3.05) is 25.5 Å². The zero-order chi connectivity index (χ0) is 16.5. The summed E-state index contributed by atoms with van der Waals surface area (Å²) in [5.41, 5.74) is 1.51. The maximum absolute atomic E-state index is 12.3. The molecule has 1 N–H and O–H groups in total. The van der Waals surface area contributed by atoms with Crippen LogP contribution in [0.3, 0.4) is 0 Å². The van der Waals surface area contributed by atoms with Crippen molar-refractivity contribution in [3.05, 3.63) is 23.8 Å². The first-order valence-corrected chi connectivity index (χ1v) is 7.78. The van der Waals surface area contributed by atoms with Gasteiger partial charge in [-0.2, -0.15) is 0 Å². The predicted octanol–water partition coefficient (Wildman–Crippen LogP) is 2.98. The number of amides is 2. The van der Waals surface area contributed by atoms with Gasteiger partial charge in [0.1, 0.15) is 5.75 Å². The number of aryl methyl sites for hydroxylation is 1. The molecule has 0 aliphatic carbocycles. The van der Waals surface area contributed by atoms with Gasteiger partial charge in [-0.15, -0.1) is 0 Å². The molecule has 1 rings (SSSR count). The number of nitrogens with zero attached hydrogens (tertiary/aromatic N) is 1. The van der Waals surface area contributed by atoms with Crippen LogP contribution in [0.4, 0.5) is 5.69 Å². The van der Waals surface area contributed by atoms with Gasteiger partial charge in [0.25, 0.3) is 0 Å². The number of carbonyl (C=O) groups excluding carboxylic acids is 2. The van der Waals surface area contributed by atoms with Crippen molar-refractivity contribution in [2.24, 2.45) is 0 Å². The Morgan fingerprint density at radius 2 is 1.91 bits per heavy atom. The van der Waals surface area contributed by atoms with Gasteiger partial charge in [-0.05, 0) is 37.5 Å². The first-order valence-electron chi connectivity index (χ1n) is 7.78. The molecule has 0 aromatic heterocycles. The fourth-order valence-electron chi connectivity index (χ4n) is 2.17. The van der Waals surface area contributed by atoms with E-state index >= 15 is 0 Å². The topological polar surface area (TPSA) is 58.6 Å². The van der Waals surface area contributed by atoms with Crippen LogP contribution in [0.5, 0.6) is 5.75 Å². The molecule has 0 fully saturated rings. The van der Waals surface area contributed by atoms with Crippen molar-refractivity contribution < 1.29 is 14.3 Å². The lowest BCUT2D eigenvalue weighted by molar-refractivity contribution is -0.143. The summed E-state index contributed by atoms with van der Waals surface area (Å²) in [4.78, 5) is 26.1. The lowest BCUT2D eigenvalue weighted by atomic mass is 10.2. The van der Waals surface area contributed by atoms with Crippen LogP contribution in [0.2, 0.25) is 0 Å². The maximum Gasteiger partial charge on any atom is 0.314 e. The molecule has 2 amide bonds. The highest BCUT2D eigenvalue weighted by molar-refractivity contribution is 6.39. The quantitative estimate of drug-likeness (QED) is 0.788. The molecule has 22 heavy (non-hydrogen) atoms. The molecule has 0 saturated carbocycles. The Morgan fingerprint density at radius 1 is 1.18 bits per heavy atom. The predicted molar refractivity (Wildman–Crippen MR) is 88.1 cm³/mol. The standard InChI is InChI=1S/C17H26N2O3/c1-5-7-11-19(10-6-2)17(21)16(20)18-14-12-13(3)8-9-15(14)22-4/h8-9,12H,5-7,10-11H2,1-4H3,(H,18,20). The van der Waals surface area contributed by atoms with Crippen LogP contribution in [0, 0.1) is 6.92 Å². The van der Waals surface area contributed by atoms with Crippen LogP contribution < -0.4 is 10.1 Å². The molecule has 5 nitrogen and oxygen atoms in total. The molecule has 0 saturated heterocycles. The molecule has 1 aromatic rings. The average molecular weight is 306 g/mol. The van der Waals surface area contributed by atoms with E-state index in [-0.39, 0.29) is 0 Å². The van der Waals surface area contributed by atoms with Crippen LogP contribution in [-0.4, -0.2) is 36.9 Å². The number of carbonyl (C=O) groups is 2. The monoisotopic (exact) mass is 306 g/mol. The maximum atomic E-state index is 12.3. The highest BCUT2D eigenvalue weighted by Gasteiger charge is 2.21. The van der Waals surface area contributed by atoms with Crippen LogP contribution in [0.1, 0.15) is 38.7 Å². The zero-order valence-corrected chi connectivity index (χ0v) is 13.9. The van der Waals surface area contributed by atoms with Crippen molar-refractivity contribution >= 4 is 17.5 Å². The molecule has 0 aliphatic heterocycles. The van der Waals surface area contributed by atoms with Crippen molar-refractivity contribution in [1.29, 1.82) is 0 Å².